The van der Waals surface area contributed by atoms with Crippen molar-refractivity contribution in [2.75, 3.05) is 10.8 Å². The Morgan fingerprint density at radius 2 is 1.71 bits per heavy atom. The Hall–Kier alpha value is -2.34. The second-order valence-electron chi connectivity index (χ2n) is 4.76. The number of carboxylic acid groups (broad SMARTS) is 1. The molecule has 108 valence electrons. The molecule has 0 saturated heterocycles. The zero-order valence-electron chi connectivity index (χ0n) is 11.1. The molecule has 0 radical (unpaired) electrons. The number of nitrogens with zero attached hydrogens (tertiary/aromatic N) is 1. The highest BCUT2D eigenvalue weighted by Gasteiger charge is 2.33. The van der Waals surface area contributed by atoms with Crippen LogP contribution in [0, 0.1) is 0 Å². The maximum Gasteiger partial charge on any atom is 0.337 e. The Morgan fingerprint density at radius 1 is 1.05 bits per heavy atom. The van der Waals surface area contributed by atoms with Crippen molar-refractivity contribution < 1.29 is 18.3 Å². The summed E-state index contributed by atoms with van der Waals surface area (Å²) in [6.45, 7) is 0.329. The summed E-state index contributed by atoms with van der Waals surface area (Å²) < 4.78 is 26.9. The van der Waals surface area contributed by atoms with E-state index in [0.29, 0.717) is 18.7 Å². The van der Waals surface area contributed by atoms with Crippen LogP contribution in [0.3, 0.4) is 0 Å². The maximum atomic E-state index is 12.8. The van der Waals surface area contributed by atoms with Crippen LogP contribution in [-0.4, -0.2) is 26.0 Å². The number of carboxylic acids is 1. The number of anilines is 1. The molecule has 0 spiro atoms. The van der Waals surface area contributed by atoms with E-state index in [0.717, 1.165) is 5.56 Å². The lowest BCUT2D eigenvalue weighted by molar-refractivity contribution is 0.0692. The molecule has 0 atom stereocenters. The molecule has 1 heterocycles. The van der Waals surface area contributed by atoms with Gasteiger partial charge < -0.3 is 5.11 Å². The summed E-state index contributed by atoms with van der Waals surface area (Å²) in [7, 11) is -3.88. The molecule has 21 heavy (non-hydrogen) atoms. The van der Waals surface area contributed by atoms with Gasteiger partial charge in [0.2, 0.25) is 0 Å². The highest BCUT2D eigenvalue weighted by molar-refractivity contribution is 7.93. The van der Waals surface area contributed by atoms with Gasteiger partial charge >= 0.3 is 5.97 Å². The lowest BCUT2D eigenvalue weighted by Gasteiger charge is -2.20. The molecule has 0 fully saturated rings. The van der Waals surface area contributed by atoms with Gasteiger partial charge in [-0.25, -0.2) is 13.2 Å². The summed E-state index contributed by atoms with van der Waals surface area (Å²) in [5.41, 5.74) is 1.37. The van der Waals surface area contributed by atoms with E-state index in [1.54, 1.807) is 12.1 Å². The molecule has 1 N–H and O–H groups in total. The molecule has 1 aliphatic heterocycles. The van der Waals surface area contributed by atoms with Gasteiger partial charge in [0.05, 0.1) is 11.3 Å². The highest BCUT2D eigenvalue weighted by Crippen LogP contribution is 2.33. The van der Waals surface area contributed by atoms with Gasteiger partial charge in [-0.3, -0.25) is 4.31 Å². The van der Waals surface area contributed by atoms with Gasteiger partial charge in [-0.2, -0.15) is 0 Å². The van der Waals surface area contributed by atoms with Crippen molar-refractivity contribution in [2.45, 2.75) is 11.3 Å². The van der Waals surface area contributed by atoms with Crippen molar-refractivity contribution in [2.24, 2.45) is 0 Å². The molecule has 0 unspecified atom stereocenters. The van der Waals surface area contributed by atoms with Gasteiger partial charge in [-0.05, 0) is 30.2 Å². The molecule has 2 aromatic carbocycles. The van der Waals surface area contributed by atoms with Crippen LogP contribution in [0.4, 0.5) is 5.69 Å². The average Bonchev–Trinajstić information content (AvgIpc) is 2.92. The number of benzene rings is 2. The van der Waals surface area contributed by atoms with E-state index in [-0.39, 0.29) is 10.5 Å². The van der Waals surface area contributed by atoms with Crippen LogP contribution < -0.4 is 4.31 Å². The van der Waals surface area contributed by atoms with Gasteiger partial charge in [0, 0.05) is 6.54 Å². The van der Waals surface area contributed by atoms with Crippen LogP contribution in [-0.2, 0) is 16.4 Å². The summed E-state index contributed by atoms with van der Waals surface area (Å²) in [4.78, 5) is 11.1. The summed E-state index contributed by atoms with van der Waals surface area (Å²) >= 11 is 0. The fourth-order valence-corrected chi connectivity index (χ4v) is 4.23. The molecular weight excluding hydrogens is 290 g/mol. The molecule has 0 amide bonds. The monoisotopic (exact) mass is 303 g/mol. The molecular formula is C15H13NO4S. The second kappa shape index (κ2) is 4.89. The van der Waals surface area contributed by atoms with Gasteiger partial charge in [0.15, 0.2) is 0 Å². The van der Waals surface area contributed by atoms with E-state index < -0.39 is 16.0 Å². The predicted octanol–water partition coefficient (Wildman–Crippen LogP) is 2.14. The topological polar surface area (TPSA) is 74.7 Å². The zero-order valence-corrected chi connectivity index (χ0v) is 11.9. The second-order valence-corrected chi connectivity index (χ2v) is 6.59. The molecule has 0 aliphatic carbocycles. The van der Waals surface area contributed by atoms with E-state index >= 15 is 0 Å². The van der Waals surface area contributed by atoms with Crippen molar-refractivity contribution in [3.05, 3.63) is 59.7 Å². The molecule has 0 bridgehead atoms. The number of hydrogen-bond donors (Lipinski definition) is 1. The molecule has 3 rings (SSSR count). The van der Waals surface area contributed by atoms with Crippen LogP contribution in [0.5, 0.6) is 0 Å². The highest BCUT2D eigenvalue weighted by atomic mass is 32.2. The first-order valence-corrected chi connectivity index (χ1v) is 7.89. The van der Waals surface area contributed by atoms with Crippen molar-refractivity contribution >= 4 is 21.7 Å². The quantitative estimate of drug-likeness (QED) is 0.942. The van der Waals surface area contributed by atoms with Crippen LogP contribution in [0.1, 0.15) is 15.9 Å². The number of aromatic carboxylic acids is 1. The number of rotatable bonds is 3. The minimum absolute atomic E-state index is 0.172. The zero-order chi connectivity index (χ0) is 15.0. The molecule has 5 nitrogen and oxygen atoms in total. The third-order valence-electron chi connectivity index (χ3n) is 3.53. The number of fused-ring (bicyclic) bond motifs is 1. The number of hydrogen-bond acceptors (Lipinski definition) is 3. The molecule has 0 aromatic heterocycles. The van der Waals surface area contributed by atoms with Crippen LogP contribution in [0.15, 0.2) is 53.4 Å². The largest absolute Gasteiger partial charge is 0.478 e. The number of carbonyl (C=O) groups is 1. The van der Waals surface area contributed by atoms with Gasteiger partial charge in [0.1, 0.15) is 4.90 Å². The minimum atomic E-state index is -3.88. The summed E-state index contributed by atoms with van der Waals surface area (Å²) in [6, 6.07) is 12.9. The summed E-state index contributed by atoms with van der Waals surface area (Å²) in [6.07, 6.45) is 0.630. The van der Waals surface area contributed by atoms with Gasteiger partial charge in [-0.15, -0.1) is 0 Å². The number of para-hydroxylation sites is 1. The summed E-state index contributed by atoms with van der Waals surface area (Å²) in [5, 5.41) is 9.18. The summed E-state index contributed by atoms with van der Waals surface area (Å²) in [5.74, 6) is -1.25. The first kappa shape index (κ1) is 13.6. The van der Waals surface area contributed by atoms with Crippen LogP contribution in [0.25, 0.3) is 0 Å². The first-order chi connectivity index (χ1) is 10.0. The number of sulfonamides is 1. The van der Waals surface area contributed by atoms with Crippen LogP contribution in [0.2, 0.25) is 0 Å². The molecule has 6 heteroatoms. The van der Waals surface area contributed by atoms with E-state index in [1.807, 2.05) is 12.1 Å². The Kier molecular flexibility index (Phi) is 3.17. The Labute approximate surface area is 122 Å². The molecule has 1 aliphatic rings. The lowest BCUT2D eigenvalue weighted by Crippen LogP contribution is -2.30. The van der Waals surface area contributed by atoms with Gasteiger partial charge in [0.25, 0.3) is 10.0 Å². The standard InChI is InChI=1S/C15H13NO4S/c17-15(18)12-6-2-4-8-14(12)21(19,20)16-10-9-11-5-1-3-7-13(11)16/h1-8H,9-10H2,(H,17,18). The predicted molar refractivity (Wildman–Crippen MR) is 78.1 cm³/mol. The van der Waals surface area contributed by atoms with Crippen molar-refractivity contribution in [1.29, 1.82) is 0 Å². The van der Waals surface area contributed by atoms with Crippen molar-refractivity contribution in [3.63, 3.8) is 0 Å². The minimum Gasteiger partial charge on any atom is -0.478 e. The van der Waals surface area contributed by atoms with E-state index in [1.165, 1.54) is 28.6 Å². The average molecular weight is 303 g/mol. The third-order valence-corrected chi connectivity index (χ3v) is 5.40. The third kappa shape index (κ3) is 2.17. The Bertz CT molecular complexity index is 814. The molecule has 2 aromatic rings. The van der Waals surface area contributed by atoms with Crippen molar-refractivity contribution in [1.82, 2.24) is 0 Å². The Morgan fingerprint density at radius 3 is 2.48 bits per heavy atom. The van der Waals surface area contributed by atoms with Gasteiger partial charge in [-0.1, -0.05) is 30.3 Å². The normalized spacial score (nSPS) is 14.0. The fourth-order valence-electron chi connectivity index (χ4n) is 2.54. The van der Waals surface area contributed by atoms with E-state index in [2.05, 4.69) is 0 Å². The van der Waals surface area contributed by atoms with E-state index in [4.69, 9.17) is 0 Å². The van der Waals surface area contributed by atoms with Crippen molar-refractivity contribution in [3.8, 4) is 0 Å². The molecule has 0 saturated carbocycles. The smallest absolute Gasteiger partial charge is 0.337 e. The first-order valence-electron chi connectivity index (χ1n) is 6.45. The SMILES string of the molecule is O=C(O)c1ccccc1S(=O)(=O)N1CCc2ccccc21. The fraction of sp³-hybridized carbons (Fsp3) is 0.133. The van der Waals surface area contributed by atoms with Crippen LogP contribution >= 0.6 is 0 Å². The van der Waals surface area contributed by atoms with E-state index in [9.17, 15) is 18.3 Å². The Balaban J connectivity index is 2.14. The maximum absolute atomic E-state index is 12.8. The lowest BCUT2D eigenvalue weighted by atomic mass is 10.2.